The fraction of sp³-hybridized carbons (Fsp3) is 0.818. The van der Waals surface area contributed by atoms with Crippen LogP contribution in [-0.4, -0.2) is 41.5 Å². The van der Waals surface area contributed by atoms with Gasteiger partial charge in [0.25, 0.3) is 0 Å². The van der Waals surface area contributed by atoms with E-state index in [-0.39, 0.29) is 43.5 Å². The number of carbonyl (C=O) groups is 2. The third kappa shape index (κ3) is 2.36. The fourth-order valence-corrected chi connectivity index (χ4v) is 2.53. The molecule has 3 unspecified atom stereocenters. The summed E-state index contributed by atoms with van der Waals surface area (Å²) in [6, 6.07) is -1.97. The zero-order valence-corrected chi connectivity index (χ0v) is 9.96. The highest BCUT2D eigenvalue weighted by molar-refractivity contribution is 6.03. The van der Waals surface area contributed by atoms with Gasteiger partial charge >= 0.3 is 6.18 Å². The molecule has 18 heavy (non-hydrogen) atoms. The van der Waals surface area contributed by atoms with E-state index in [9.17, 15) is 22.8 Å². The van der Waals surface area contributed by atoms with Crippen LogP contribution in [0.5, 0.6) is 0 Å². The number of halogens is 3. The van der Waals surface area contributed by atoms with Crippen molar-refractivity contribution in [3.63, 3.8) is 0 Å². The van der Waals surface area contributed by atoms with Gasteiger partial charge in [-0.05, 0) is 12.8 Å². The Morgan fingerprint density at radius 1 is 1.28 bits per heavy atom. The fourth-order valence-electron chi connectivity index (χ4n) is 2.53. The molecule has 0 aliphatic carbocycles. The van der Waals surface area contributed by atoms with Gasteiger partial charge in [0.15, 0.2) is 0 Å². The first kappa shape index (κ1) is 13.3. The van der Waals surface area contributed by atoms with Crippen molar-refractivity contribution in [3.8, 4) is 0 Å². The monoisotopic (exact) mass is 264 g/mol. The molecule has 1 N–H and O–H groups in total. The highest BCUT2D eigenvalue weighted by Crippen LogP contribution is 2.30. The minimum absolute atomic E-state index is 0.0222. The number of nitrogens with one attached hydrogen (secondary N) is 1. The maximum atomic E-state index is 12.5. The lowest BCUT2D eigenvalue weighted by molar-refractivity contribution is -0.163. The zero-order chi connectivity index (χ0) is 13.5. The van der Waals surface area contributed by atoms with Crippen LogP contribution in [0, 0.1) is 5.92 Å². The van der Waals surface area contributed by atoms with Gasteiger partial charge in [-0.3, -0.25) is 14.5 Å². The summed E-state index contributed by atoms with van der Waals surface area (Å²) >= 11 is 0. The molecular formula is C11H15F3N2O2. The number of amides is 2. The van der Waals surface area contributed by atoms with Gasteiger partial charge in [-0.2, -0.15) is 13.2 Å². The molecule has 2 heterocycles. The van der Waals surface area contributed by atoms with Crippen LogP contribution in [0.25, 0.3) is 0 Å². The number of imide groups is 1. The normalized spacial score (nSPS) is 34.2. The maximum absolute atomic E-state index is 12.5. The Kier molecular flexibility index (Phi) is 3.35. The second kappa shape index (κ2) is 4.53. The van der Waals surface area contributed by atoms with Crippen molar-refractivity contribution in [2.24, 2.45) is 5.92 Å². The lowest BCUT2D eigenvalue weighted by Gasteiger charge is -2.35. The van der Waals surface area contributed by atoms with Crippen molar-refractivity contribution < 1.29 is 22.8 Å². The van der Waals surface area contributed by atoms with Crippen molar-refractivity contribution in [2.45, 2.75) is 44.4 Å². The number of hydrogen-bond donors (Lipinski definition) is 1. The molecule has 4 nitrogen and oxygen atoms in total. The Hall–Kier alpha value is -1.11. The summed E-state index contributed by atoms with van der Waals surface area (Å²) in [6.07, 6.45) is -3.99. The Bertz CT molecular complexity index is 362. The van der Waals surface area contributed by atoms with E-state index in [0.29, 0.717) is 0 Å². The Morgan fingerprint density at radius 2 is 1.94 bits per heavy atom. The van der Waals surface area contributed by atoms with Gasteiger partial charge in [-0.15, -0.1) is 0 Å². The lowest BCUT2D eigenvalue weighted by atomic mass is 9.99. The second-order valence-corrected chi connectivity index (χ2v) is 4.94. The van der Waals surface area contributed by atoms with Gasteiger partial charge in [0, 0.05) is 18.9 Å². The largest absolute Gasteiger partial charge is 0.403 e. The summed E-state index contributed by atoms with van der Waals surface area (Å²) < 4.78 is 37.4. The average Bonchev–Trinajstić information content (AvgIpc) is 2.52. The molecule has 2 saturated heterocycles. The zero-order valence-electron chi connectivity index (χ0n) is 9.96. The van der Waals surface area contributed by atoms with Gasteiger partial charge in [-0.25, -0.2) is 0 Å². The molecule has 0 aromatic heterocycles. The van der Waals surface area contributed by atoms with E-state index in [2.05, 4.69) is 5.32 Å². The molecule has 2 fully saturated rings. The summed E-state index contributed by atoms with van der Waals surface area (Å²) in [5.74, 6) is -0.889. The van der Waals surface area contributed by atoms with Crippen LogP contribution in [0.15, 0.2) is 0 Å². The molecule has 2 rings (SSSR count). The molecule has 0 radical (unpaired) electrons. The van der Waals surface area contributed by atoms with Crippen LogP contribution < -0.4 is 5.32 Å². The molecule has 0 aromatic rings. The minimum atomic E-state index is -4.27. The first-order valence-corrected chi connectivity index (χ1v) is 5.96. The quantitative estimate of drug-likeness (QED) is 0.721. The molecule has 0 bridgehead atoms. The van der Waals surface area contributed by atoms with E-state index >= 15 is 0 Å². The molecular weight excluding hydrogens is 249 g/mol. The van der Waals surface area contributed by atoms with Crippen LogP contribution >= 0.6 is 0 Å². The number of hydrogen-bond acceptors (Lipinski definition) is 3. The van der Waals surface area contributed by atoms with Gasteiger partial charge in [0.1, 0.15) is 6.04 Å². The number of carbonyl (C=O) groups excluding carboxylic acids is 2. The first-order chi connectivity index (χ1) is 8.30. The Labute approximate surface area is 103 Å². The predicted molar refractivity (Wildman–Crippen MR) is 56.5 cm³/mol. The van der Waals surface area contributed by atoms with Crippen LogP contribution in [-0.2, 0) is 9.59 Å². The standard InChI is InChI=1S/C11H15F3N2O2/c1-6-4-9(17)16(10(6)18)7-2-3-8(15-5-7)11(12,13)14/h6-8,15H,2-5H2,1H3. The van der Waals surface area contributed by atoms with Crippen molar-refractivity contribution in [1.29, 1.82) is 0 Å². The lowest BCUT2D eigenvalue weighted by Crippen LogP contribution is -2.55. The number of piperidine rings is 1. The third-order valence-corrected chi connectivity index (χ3v) is 3.56. The smallest absolute Gasteiger partial charge is 0.304 e. The molecule has 7 heteroatoms. The third-order valence-electron chi connectivity index (χ3n) is 3.56. The van der Waals surface area contributed by atoms with Crippen LogP contribution in [0.4, 0.5) is 13.2 Å². The highest BCUT2D eigenvalue weighted by Gasteiger charge is 2.45. The van der Waals surface area contributed by atoms with Crippen molar-refractivity contribution >= 4 is 11.8 Å². The summed E-state index contributed by atoms with van der Waals surface area (Å²) in [5, 5.41) is 2.37. The number of alkyl halides is 3. The van der Waals surface area contributed by atoms with Crippen LogP contribution in [0.3, 0.4) is 0 Å². The minimum Gasteiger partial charge on any atom is -0.304 e. The summed E-state index contributed by atoms with van der Waals surface area (Å²) in [4.78, 5) is 24.5. The maximum Gasteiger partial charge on any atom is 0.403 e. The number of nitrogens with zero attached hydrogens (tertiary/aromatic N) is 1. The van der Waals surface area contributed by atoms with Gasteiger partial charge in [-0.1, -0.05) is 6.92 Å². The Morgan fingerprint density at radius 3 is 2.33 bits per heavy atom. The van der Waals surface area contributed by atoms with E-state index in [1.807, 2.05) is 0 Å². The Balaban J connectivity index is 1.98. The van der Waals surface area contributed by atoms with E-state index in [0.717, 1.165) is 4.90 Å². The molecule has 2 aliphatic heterocycles. The van der Waals surface area contributed by atoms with Crippen molar-refractivity contribution in [1.82, 2.24) is 10.2 Å². The van der Waals surface area contributed by atoms with Gasteiger partial charge in [0.05, 0.1) is 6.04 Å². The van der Waals surface area contributed by atoms with E-state index in [1.54, 1.807) is 6.92 Å². The predicted octanol–water partition coefficient (Wildman–Crippen LogP) is 1.06. The SMILES string of the molecule is CC1CC(=O)N(C2CCC(C(F)(F)F)NC2)C1=O. The molecule has 0 spiro atoms. The number of rotatable bonds is 1. The van der Waals surface area contributed by atoms with Crippen molar-refractivity contribution in [3.05, 3.63) is 0 Å². The second-order valence-electron chi connectivity index (χ2n) is 4.94. The molecule has 0 saturated carbocycles. The topological polar surface area (TPSA) is 49.4 Å². The molecule has 102 valence electrons. The molecule has 0 aromatic carbocycles. The van der Waals surface area contributed by atoms with Gasteiger partial charge < -0.3 is 5.32 Å². The summed E-state index contributed by atoms with van der Waals surface area (Å²) in [7, 11) is 0. The average molecular weight is 264 g/mol. The van der Waals surface area contributed by atoms with Gasteiger partial charge in [0.2, 0.25) is 11.8 Å². The highest BCUT2D eigenvalue weighted by atomic mass is 19.4. The van der Waals surface area contributed by atoms with E-state index < -0.39 is 18.3 Å². The molecule has 2 aliphatic rings. The van der Waals surface area contributed by atoms with Crippen LogP contribution in [0.2, 0.25) is 0 Å². The first-order valence-electron chi connectivity index (χ1n) is 5.96. The summed E-state index contributed by atoms with van der Waals surface area (Å²) in [5.41, 5.74) is 0. The summed E-state index contributed by atoms with van der Waals surface area (Å²) in [6.45, 7) is 1.68. The van der Waals surface area contributed by atoms with Crippen LogP contribution in [0.1, 0.15) is 26.2 Å². The van der Waals surface area contributed by atoms with E-state index in [4.69, 9.17) is 0 Å². The molecule has 2 amide bonds. The van der Waals surface area contributed by atoms with E-state index in [1.165, 1.54) is 0 Å². The number of likely N-dealkylation sites (tertiary alicyclic amines) is 1. The molecule has 3 atom stereocenters. The van der Waals surface area contributed by atoms with Crippen molar-refractivity contribution in [2.75, 3.05) is 6.54 Å².